The molecular formula is C12H20N4O. The van der Waals surface area contributed by atoms with Crippen LogP contribution in [0.15, 0.2) is 6.07 Å². The van der Waals surface area contributed by atoms with Crippen LogP contribution < -0.4 is 5.32 Å². The minimum Gasteiger partial charge on any atom is -0.332 e. The van der Waals surface area contributed by atoms with Gasteiger partial charge in [-0.25, -0.2) is 0 Å². The maximum absolute atomic E-state index is 12.3. The molecule has 5 heteroatoms. The minimum absolute atomic E-state index is 0.0298. The third-order valence-electron chi connectivity index (χ3n) is 3.20. The minimum atomic E-state index is 0.0298. The molecule has 1 atom stereocenters. The second-order valence-electron chi connectivity index (χ2n) is 4.91. The van der Waals surface area contributed by atoms with E-state index in [9.17, 15) is 4.79 Å². The van der Waals surface area contributed by atoms with Gasteiger partial charge in [0.1, 0.15) is 5.69 Å². The molecule has 5 nitrogen and oxygen atoms in total. The summed E-state index contributed by atoms with van der Waals surface area (Å²) in [5.74, 6) is 0.395. The summed E-state index contributed by atoms with van der Waals surface area (Å²) in [6.45, 7) is 8.68. The van der Waals surface area contributed by atoms with Crippen LogP contribution in [0, 0.1) is 0 Å². The molecule has 1 aliphatic heterocycles. The molecule has 2 rings (SSSR count). The molecule has 0 saturated carbocycles. The molecular weight excluding hydrogens is 216 g/mol. The summed E-state index contributed by atoms with van der Waals surface area (Å²) in [6.07, 6.45) is 0. The van der Waals surface area contributed by atoms with Gasteiger partial charge in [0.2, 0.25) is 0 Å². The summed E-state index contributed by atoms with van der Waals surface area (Å²) in [6, 6.07) is 2.09. The number of carbonyl (C=O) groups excluding carboxylic acids is 1. The van der Waals surface area contributed by atoms with Gasteiger partial charge in [-0.3, -0.25) is 9.89 Å². The zero-order valence-electron chi connectivity index (χ0n) is 10.7. The molecule has 94 valence electrons. The van der Waals surface area contributed by atoms with Gasteiger partial charge in [0.05, 0.1) is 0 Å². The molecule has 2 N–H and O–H groups in total. The number of amides is 1. The van der Waals surface area contributed by atoms with Crippen molar-refractivity contribution >= 4 is 5.91 Å². The van der Waals surface area contributed by atoms with Crippen molar-refractivity contribution in [1.29, 1.82) is 0 Å². The lowest BCUT2D eigenvalue weighted by Gasteiger charge is -2.33. The monoisotopic (exact) mass is 236 g/mol. The lowest BCUT2D eigenvalue weighted by Crippen LogP contribution is -2.52. The zero-order valence-corrected chi connectivity index (χ0v) is 10.7. The van der Waals surface area contributed by atoms with E-state index < -0.39 is 0 Å². The molecule has 2 heterocycles. The Morgan fingerprint density at radius 2 is 2.35 bits per heavy atom. The van der Waals surface area contributed by atoms with Gasteiger partial charge in [-0.1, -0.05) is 13.8 Å². The summed E-state index contributed by atoms with van der Waals surface area (Å²) in [5, 5.41) is 10.3. The van der Waals surface area contributed by atoms with Gasteiger partial charge < -0.3 is 10.2 Å². The fraction of sp³-hybridized carbons (Fsp3) is 0.667. The molecule has 0 radical (unpaired) electrons. The standard InChI is InChI=1S/C12H20N4O/c1-8(2)10-6-11(15-14-10)12(17)16-5-4-13-7-9(16)3/h6,8-9,13H,4-5,7H2,1-3H3,(H,14,15). The molecule has 1 unspecified atom stereocenters. The fourth-order valence-corrected chi connectivity index (χ4v) is 2.03. The van der Waals surface area contributed by atoms with Crippen LogP contribution in [0.5, 0.6) is 0 Å². The van der Waals surface area contributed by atoms with E-state index in [0.717, 1.165) is 25.3 Å². The third kappa shape index (κ3) is 2.49. The third-order valence-corrected chi connectivity index (χ3v) is 3.20. The Bertz CT molecular complexity index is 399. The van der Waals surface area contributed by atoms with Crippen LogP contribution in [0.4, 0.5) is 0 Å². The summed E-state index contributed by atoms with van der Waals surface area (Å²) in [7, 11) is 0. The Morgan fingerprint density at radius 1 is 1.59 bits per heavy atom. The fourth-order valence-electron chi connectivity index (χ4n) is 2.03. The van der Waals surface area contributed by atoms with Crippen molar-refractivity contribution in [1.82, 2.24) is 20.4 Å². The molecule has 17 heavy (non-hydrogen) atoms. The lowest BCUT2D eigenvalue weighted by atomic mass is 10.1. The molecule has 0 spiro atoms. The smallest absolute Gasteiger partial charge is 0.274 e. The van der Waals surface area contributed by atoms with Crippen molar-refractivity contribution in [3.63, 3.8) is 0 Å². The molecule has 1 aromatic rings. The van der Waals surface area contributed by atoms with E-state index in [0.29, 0.717) is 11.6 Å². The lowest BCUT2D eigenvalue weighted by molar-refractivity contribution is 0.0649. The van der Waals surface area contributed by atoms with E-state index in [1.54, 1.807) is 0 Å². The Kier molecular flexibility index (Phi) is 3.47. The first-order chi connectivity index (χ1) is 8.09. The van der Waals surface area contributed by atoms with Gasteiger partial charge in [-0.05, 0) is 18.9 Å². The number of aromatic amines is 1. The topological polar surface area (TPSA) is 61.0 Å². The Labute approximate surface area is 102 Å². The molecule has 0 aromatic carbocycles. The predicted octanol–water partition coefficient (Wildman–Crippen LogP) is 0.967. The van der Waals surface area contributed by atoms with Crippen LogP contribution in [-0.4, -0.2) is 46.7 Å². The SMILES string of the molecule is CC(C)c1cc(C(=O)N2CCNCC2C)n[nH]1. The molecule has 1 fully saturated rings. The van der Waals surface area contributed by atoms with Crippen molar-refractivity contribution in [3.05, 3.63) is 17.5 Å². The highest BCUT2D eigenvalue weighted by atomic mass is 16.2. The average Bonchev–Trinajstić information content (AvgIpc) is 2.78. The van der Waals surface area contributed by atoms with E-state index in [-0.39, 0.29) is 11.9 Å². The highest BCUT2D eigenvalue weighted by molar-refractivity contribution is 5.92. The number of piperazine rings is 1. The Hall–Kier alpha value is -1.36. The van der Waals surface area contributed by atoms with Crippen LogP contribution in [0.25, 0.3) is 0 Å². The summed E-state index contributed by atoms with van der Waals surface area (Å²) in [5.41, 5.74) is 1.54. The molecule has 0 bridgehead atoms. The molecule has 1 aromatic heterocycles. The number of nitrogens with zero attached hydrogens (tertiary/aromatic N) is 2. The number of nitrogens with one attached hydrogen (secondary N) is 2. The van der Waals surface area contributed by atoms with Gasteiger partial charge in [-0.15, -0.1) is 0 Å². The van der Waals surface area contributed by atoms with Crippen LogP contribution in [0.3, 0.4) is 0 Å². The largest absolute Gasteiger partial charge is 0.332 e. The number of H-pyrrole nitrogens is 1. The van der Waals surface area contributed by atoms with Crippen LogP contribution in [0.2, 0.25) is 0 Å². The normalized spacial score (nSPS) is 20.9. The molecule has 1 saturated heterocycles. The number of hydrogen-bond acceptors (Lipinski definition) is 3. The van der Waals surface area contributed by atoms with E-state index in [1.165, 1.54) is 0 Å². The summed E-state index contributed by atoms with van der Waals surface area (Å²) in [4.78, 5) is 14.1. The first kappa shape index (κ1) is 12.1. The number of rotatable bonds is 2. The number of carbonyl (C=O) groups is 1. The second kappa shape index (κ2) is 4.87. The maximum atomic E-state index is 12.3. The van der Waals surface area contributed by atoms with Gasteiger partial charge in [0, 0.05) is 31.4 Å². The van der Waals surface area contributed by atoms with E-state index in [1.807, 2.05) is 11.0 Å². The van der Waals surface area contributed by atoms with Crippen molar-refractivity contribution in [2.75, 3.05) is 19.6 Å². The molecule has 1 aliphatic rings. The van der Waals surface area contributed by atoms with E-state index >= 15 is 0 Å². The van der Waals surface area contributed by atoms with E-state index in [4.69, 9.17) is 0 Å². The maximum Gasteiger partial charge on any atom is 0.274 e. The van der Waals surface area contributed by atoms with E-state index in [2.05, 4.69) is 36.3 Å². The summed E-state index contributed by atoms with van der Waals surface area (Å²) >= 11 is 0. The van der Waals surface area contributed by atoms with Crippen molar-refractivity contribution in [3.8, 4) is 0 Å². The number of aromatic nitrogens is 2. The molecule has 1 amide bonds. The van der Waals surface area contributed by atoms with Gasteiger partial charge >= 0.3 is 0 Å². The van der Waals surface area contributed by atoms with Crippen LogP contribution in [-0.2, 0) is 0 Å². The quantitative estimate of drug-likeness (QED) is 0.804. The Balaban J connectivity index is 2.12. The first-order valence-corrected chi connectivity index (χ1v) is 6.16. The van der Waals surface area contributed by atoms with Gasteiger partial charge in [0.15, 0.2) is 0 Å². The van der Waals surface area contributed by atoms with Crippen molar-refractivity contribution in [2.24, 2.45) is 0 Å². The Morgan fingerprint density at radius 3 is 2.94 bits per heavy atom. The van der Waals surface area contributed by atoms with Gasteiger partial charge in [0.25, 0.3) is 5.91 Å². The first-order valence-electron chi connectivity index (χ1n) is 6.16. The number of hydrogen-bond donors (Lipinski definition) is 2. The van der Waals surface area contributed by atoms with Gasteiger partial charge in [-0.2, -0.15) is 5.10 Å². The highest BCUT2D eigenvalue weighted by Crippen LogP contribution is 2.14. The molecule has 0 aliphatic carbocycles. The second-order valence-corrected chi connectivity index (χ2v) is 4.91. The van der Waals surface area contributed by atoms with Crippen LogP contribution >= 0.6 is 0 Å². The highest BCUT2D eigenvalue weighted by Gasteiger charge is 2.25. The van der Waals surface area contributed by atoms with Crippen LogP contribution in [0.1, 0.15) is 42.9 Å². The van der Waals surface area contributed by atoms with Crippen molar-refractivity contribution in [2.45, 2.75) is 32.7 Å². The average molecular weight is 236 g/mol. The van der Waals surface area contributed by atoms with Crippen molar-refractivity contribution < 1.29 is 4.79 Å². The zero-order chi connectivity index (χ0) is 12.4. The summed E-state index contributed by atoms with van der Waals surface area (Å²) < 4.78 is 0. The predicted molar refractivity (Wildman–Crippen MR) is 66.0 cm³/mol.